The normalized spacial score (nSPS) is 13.8. The lowest BCUT2D eigenvalue weighted by Gasteiger charge is -2.35. The van der Waals surface area contributed by atoms with E-state index in [1.807, 2.05) is 48.7 Å². The van der Waals surface area contributed by atoms with Crippen molar-refractivity contribution in [1.82, 2.24) is 19.9 Å². The van der Waals surface area contributed by atoms with Crippen molar-refractivity contribution < 1.29 is 9.53 Å². The third kappa shape index (κ3) is 5.36. The molecule has 9 heteroatoms. The Bertz CT molecular complexity index is 1450. The van der Waals surface area contributed by atoms with Gasteiger partial charge in [-0.2, -0.15) is 0 Å². The Hall–Kier alpha value is -4.50. The number of carbonyl (C=O) groups is 1. The van der Waals surface area contributed by atoms with Crippen LogP contribution < -0.4 is 20.3 Å². The quantitative estimate of drug-likeness (QED) is 0.366. The van der Waals surface area contributed by atoms with E-state index in [2.05, 4.69) is 50.1 Å². The second-order valence-corrected chi connectivity index (χ2v) is 8.86. The highest BCUT2D eigenvalue weighted by Gasteiger charge is 2.21. The van der Waals surface area contributed by atoms with Gasteiger partial charge in [-0.1, -0.05) is 24.8 Å². The molecule has 3 heterocycles. The van der Waals surface area contributed by atoms with Gasteiger partial charge in [0, 0.05) is 55.6 Å². The summed E-state index contributed by atoms with van der Waals surface area (Å²) < 4.78 is 5.72. The minimum atomic E-state index is -0.284. The van der Waals surface area contributed by atoms with Crippen LogP contribution in [0, 0.1) is 0 Å². The van der Waals surface area contributed by atoms with Crippen LogP contribution in [0.4, 0.5) is 23.0 Å². The van der Waals surface area contributed by atoms with E-state index < -0.39 is 0 Å². The summed E-state index contributed by atoms with van der Waals surface area (Å²) in [6.45, 7) is 7.14. The van der Waals surface area contributed by atoms with Crippen molar-refractivity contribution in [1.29, 1.82) is 0 Å². The van der Waals surface area contributed by atoms with E-state index in [4.69, 9.17) is 9.72 Å². The fourth-order valence-electron chi connectivity index (χ4n) is 4.34. The zero-order valence-electron chi connectivity index (χ0n) is 20.9. The fraction of sp³-hybridized carbons (Fsp3) is 0.214. The monoisotopic (exact) mass is 495 g/mol. The molecule has 1 saturated heterocycles. The maximum Gasteiger partial charge on any atom is 0.247 e. The number of fused-ring (bicyclic) bond motifs is 1. The number of nitrogens with zero attached hydrogens (tertiary/aromatic N) is 5. The van der Waals surface area contributed by atoms with Gasteiger partial charge in [0.15, 0.2) is 0 Å². The molecule has 2 aromatic heterocycles. The first-order chi connectivity index (χ1) is 18.0. The molecule has 37 heavy (non-hydrogen) atoms. The molecule has 1 aliphatic heterocycles. The first-order valence-corrected chi connectivity index (χ1v) is 12.1. The number of nitrogens with one attached hydrogen (secondary N) is 2. The number of piperazine rings is 1. The predicted molar refractivity (Wildman–Crippen MR) is 148 cm³/mol. The van der Waals surface area contributed by atoms with E-state index in [-0.39, 0.29) is 5.91 Å². The third-order valence-electron chi connectivity index (χ3n) is 6.39. The number of pyridine rings is 1. The van der Waals surface area contributed by atoms with Gasteiger partial charge in [0.25, 0.3) is 0 Å². The highest BCUT2D eigenvalue weighted by Crippen LogP contribution is 2.38. The minimum Gasteiger partial charge on any atom is -0.494 e. The number of anilines is 4. The van der Waals surface area contributed by atoms with Crippen molar-refractivity contribution in [3.8, 4) is 17.0 Å². The Kier molecular flexibility index (Phi) is 6.96. The van der Waals surface area contributed by atoms with Crippen molar-refractivity contribution in [2.45, 2.75) is 0 Å². The summed E-state index contributed by atoms with van der Waals surface area (Å²) in [6, 6.07) is 15.6. The van der Waals surface area contributed by atoms with Crippen molar-refractivity contribution >= 4 is 39.8 Å². The highest BCUT2D eigenvalue weighted by atomic mass is 16.5. The van der Waals surface area contributed by atoms with E-state index in [0.717, 1.165) is 54.0 Å². The van der Waals surface area contributed by atoms with Crippen molar-refractivity contribution in [3.05, 3.63) is 73.6 Å². The van der Waals surface area contributed by atoms with Gasteiger partial charge in [-0.05, 0) is 37.4 Å². The molecule has 0 spiro atoms. The Morgan fingerprint density at radius 2 is 1.86 bits per heavy atom. The van der Waals surface area contributed by atoms with Crippen LogP contribution in [0.15, 0.2) is 73.6 Å². The standard InChI is InChI=1S/C28H29N7O2/c1-4-27(36)31-23-16-24(26(37-3)17-25(23)35-13-11-34(2)12-14-35)33-28-29-10-9-22(32-28)20-15-19-7-5-6-8-21(19)30-18-20/h4-10,15-18H,1,11-14H2,2-3H3,(H,31,36)(H,29,32,33). The van der Waals surface area contributed by atoms with E-state index in [9.17, 15) is 4.79 Å². The molecule has 5 rings (SSSR count). The minimum absolute atomic E-state index is 0.284. The fourth-order valence-corrected chi connectivity index (χ4v) is 4.34. The van der Waals surface area contributed by atoms with Crippen molar-refractivity contribution in [3.63, 3.8) is 0 Å². The first-order valence-electron chi connectivity index (χ1n) is 12.1. The molecule has 1 aliphatic rings. The SMILES string of the molecule is C=CC(=O)Nc1cc(Nc2nccc(-c3cnc4ccccc4c3)n2)c(OC)cc1N1CCN(C)CC1. The summed E-state index contributed by atoms with van der Waals surface area (Å²) in [5.74, 6) is 0.734. The van der Waals surface area contributed by atoms with E-state index in [1.54, 1.807) is 13.3 Å². The third-order valence-corrected chi connectivity index (χ3v) is 6.39. The zero-order valence-corrected chi connectivity index (χ0v) is 20.9. The van der Waals surface area contributed by atoms with Gasteiger partial charge in [0.05, 0.1) is 35.4 Å². The van der Waals surface area contributed by atoms with Gasteiger partial charge in [0.2, 0.25) is 11.9 Å². The Labute approximate surface area is 215 Å². The molecule has 0 bridgehead atoms. The van der Waals surface area contributed by atoms with Crippen LogP contribution in [-0.2, 0) is 4.79 Å². The molecule has 2 N–H and O–H groups in total. The molecule has 188 valence electrons. The second kappa shape index (κ2) is 10.6. The summed E-state index contributed by atoms with van der Waals surface area (Å²) in [5, 5.41) is 7.25. The van der Waals surface area contributed by atoms with E-state index in [0.29, 0.717) is 23.1 Å². The number of likely N-dealkylation sites (N-methyl/N-ethyl adjacent to an activating group) is 1. The van der Waals surface area contributed by atoms with Gasteiger partial charge in [-0.3, -0.25) is 9.78 Å². The number of para-hydroxylation sites is 1. The summed E-state index contributed by atoms with van der Waals surface area (Å²) >= 11 is 0. The number of carbonyl (C=O) groups excluding carboxylic acids is 1. The number of hydrogen-bond donors (Lipinski definition) is 2. The lowest BCUT2D eigenvalue weighted by atomic mass is 10.1. The van der Waals surface area contributed by atoms with Crippen LogP contribution in [0.3, 0.4) is 0 Å². The number of aromatic nitrogens is 3. The van der Waals surface area contributed by atoms with Gasteiger partial charge in [0.1, 0.15) is 5.75 Å². The van der Waals surface area contributed by atoms with Crippen LogP contribution >= 0.6 is 0 Å². The van der Waals surface area contributed by atoms with Crippen LogP contribution in [0.25, 0.3) is 22.2 Å². The van der Waals surface area contributed by atoms with Gasteiger partial charge in [-0.25, -0.2) is 9.97 Å². The average molecular weight is 496 g/mol. The Morgan fingerprint density at radius 3 is 2.65 bits per heavy atom. The molecule has 1 fully saturated rings. The summed E-state index contributed by atoms with van der Waals surface area (Å²) in [7, 11) is 3.72. The number of benzene rings is 2. The molecule has 2 aromatic carbocycles. The Morgan fingerprint density at radius 1 is 1.05 bits per heavy atom. The van der Waals surface area contributed by atoms with Crippen LogP contribution in [0.5, 0.6) is 5.75 Å². The van der Waals surface area contributed by atoms with E-state index >= 15 is 0 Å². The van der Waals surface area contributed by atoms with Crippen molar-refractivity contribution in [2.75, 3.05) is 55.9 Å². The number of ether oxygens (including phenoxy) is 1. The van der Waals surface area contributed by atoms with Crippen LogP contribution in [-0.4, -0.2) is 66.1 Å². The summed E-state index contributed by atoms with van der Waals surface area (Å²) in [4.78, 5) is 30.4. The zero-order chi connectivity index (χ0) is 25.8. The molecule has 0 radical (unpaired) electrons. The summed E-state index contributed by atoms with van der Waals surface area (Å²) in [6.07, 6.45) is 4.77. The number of hydrogen-bond acceptors (Lipinski definition) is 8. The second-order valence-electron chi connectivity index (χ2n) is 8.86. The van der Waals surface area contributed by atoms with Gasteiger partial charge in [-0.15, -0.1) is 0 Å². The number of amides is 1. The molecule has 4 aromatic rings. The molecule has 0 saturated carbocycles. The lowest BCUT2D eigenvalue weighted by Crippen LogP contribution is -2.44. The molecule has 0 unspecified atom stereocenters. The molecular weight excluding hydrogens is 466 g/mol. The van der Waals surface area contributed by atoms with Crippen molar-refractivity contribution in [2.24, 2.45) is 0 Å². The lowest BCUT2D eigenvalue weighted by molar-refractivity contribution is -0.111. The summed E-state index contributed by atoms with van der Waals surface area (Å²) in [5.41, 5.74) is 4.74. The van der Waals surface area contributed by atoms with Crippen LogP contribution in [0.2, 0.25) is 0 Å². The molecule has 9 nitrogen and oxygen atoms in total. The average Bonchev–Trinajstić information content (AvgIpc) is 2.93. The van der Waals surface area contributed by atoms with E-state index in [1.165, 1.54) is 6.08 Å². The number of rotatable bonds is 7. The van der Waals surface area contributed by atoms with Crippen LogP contribution in [0.1, 0.15) is 0 Å². The first kappa shape index (κ1) is 24.2. The molecule has 0 atom stereocenters. The predicted octanol–water partition coefficient (Wildman–Crippen LogP) is 4.32. The molecule has 0 aliphatic carbocycles. The topological polar surface area (TPSA) is 95.5 Å². The molecule has 1 amide bonds. The van der Waals surface area contributed by atoms with Gasteiger partial charge >= 0.3 is 0 Å². The number of methoxy groups -OCH3 is 1. The maximum atomic E-state index is 12.2. The maximum absolute atomic E-state index is 12.2. The largest absolute Gasteiger partial charge is 0.494 e. The highest BCUT2D eigenvalue weighted by molar-refractivity contribution is 6.02. The molecular formula is C28H29N7O2. The van der Waals surface area contributed by atoms with Gasteiger partial charge < -0.3 is 25.2 Å². The smallest absolute Gasteiger partial charge is 0.247 e. The Balaban J connectivity index is 1.48.